The van der Waals surface area contributed by atoms with Crippen molar-refractivity contribution in [3.8, 4) is 11.3 Å². The van der Waals surface area contributed by atoms with Gasteiger partial charge in [-0.05, 0) is 38.8 Å². The fourth-order valence-electron chi connectivity index (χ4n) is 3.66. The van der Waals surface area contributed by atoms with Gasteiger partial charge in [-0.1, -0.05) is 35.5 Å². The molecule has 0 atom stereocenters. The highest BCUT2D eigenvalue weighted by atomic mass is 16.5. The third kappa shape index (κ3) is 3.54. The van der Waals surface area contributed by atoms with Gasteiger partial charge in [-0.15, -0.1) is 0 Å². The Kier molecular flexibility index (Phi) is 4.50. The van der Waals surface area contributed by atoms with Gasteiger partial charge in [0.2, 0.25) is 0 Å². The molecule has 30 heavy (non-hydrogen) atoms. The number of aryl methyl sites for hydroxylation is 2. The molecule has 1 amide bonds. The van der Waals surface area contributed by atoms with Gasteiger partial charge in [-0.3, -0.25) is 4.79 Å². The zero-order valence-corrected chi connectivity index (χ0v) is 16.8. The number of amides is 1. The minimum Gasteiger partial charge on any atom is -0.345 e. The summed E-state index contributed by atoms with van der Waals surface area (Å²) in [7, 11) is 0. The molecule has 0 spiro atoms. The first-order valence-electron chi connectivity index (χ1n) is 10.0. The molecule has 1 aliphatic rings. The molecule has 1 N–H and O–H groups in total. The van der Waals surface area contributed by atoms with Gasteiger partial charge < -0.3 is 9.84 Å². The maximum Gasteiger partial charge on any atom is 0.259 e. The van der Waals surface area contributed by atoms with E-state index in [1.165, 1.54) is 0 Å². The Morgan fingerprint density at radius 1 is 1.07 bits per heavy atom. The highest BCUT2D eigenvalue weighted by Crippen LogP contribution is 2.41. The van der Waals surface area contributed by atoms with Crippen LogP contribution in [-0.2, 0) is 6.54 Å². The van der Waals surface area contributed by atoms with Gasteiger partial charge in [0.05, 0.1) is 17.5 Å². The van der Waals surface area contributed by atoms with Crippen LogP contribution in [0, 0.1) is 13.8 Å². The lowest BCUT2D eigenvalue weighted by Gasteiger charge is -2.09. The summed E-state index contributed by atoms with van der Waals surface area (Å²) >= 11 is 0. The van der Waals surface area contributed by atoms with E-state index in [0.29, 0.717) is 34.1 Å². The van der Waals surface area contributed by atoms with Crippen LogP contribution in [0.25, 0.3) is 22.4 Å². The lowest BCUT2D eigenvalue weighted by atomic mass is 10.0. The van der Waals surface area contributed by atoms with E-state index >= 15 is 0 Å². The fourth-order valence-corrected chi connectivity index (χ4v) is 3.66. The number of pyridine rings is 1. The standard InChI is InChI=1S/C23H21N5O2/c1-13-10-14(2)26-19(25-13)12-24-22(29)17-11-18(15-8-9-15)27-23-20(17)21(28-30-23)16-6-4-3-5-7-16/h3-7,10-11,15H,8-9,12H2,1-2H3,(H,24,29). The number of fused-ring (bicyclic) bond motifs is 1. The molecule has 0 aliphatic heterocycles. The molecule has 3 heterocycles. The summed E-state index contributed by atoms with van der Waals surface area (Å²) in [5.74, 6) is 0.753. The molecule has 150 valence electrons. The molecule has 0 saturated heterocycles. The predicted octanol–water partition coefficient (Wildman–Crippen LogP) is 4.10. The zero-order chi connectivity index (χ0) is 20.7. The predicted molar refractivity (Wildman–Crippen MR) is 112 cm³/mol. The van der Waals surface area contributed by atoms with Crippen LogP contribution in [0.4, 0.5) is 0 Å². The van der Waals surface area contributed by atoms with E-state index < -0.39 is 0 Å². The van der Waals surface area contributed by atoms with Crippen LogP contribution in [0.15, 0.2) is 47.0 Å². The third-order valence-corrected chi connectivity index (χ3v) is 5.19. The Balaban J connectivity index is 1.54. The van der Waals surface area contributed by atoms with Crippen molar-refractivity contribution in [3.05, 3.63) is 70.9 Å². The van der Waals surface area contributed by atoms with E-state index in [-0.39, 0.29) is 12.5 Å². The van der Waals surface area contributed by atoms with E-state index in [0.717, 1.165) is 35.5 Å². The van der Waals surface area contributed by atoms with Crippen molar-refractivity contribution in [3.63, 3.8) is 0 Å². The molecule has 3 aromatic heterocycles. The molecular formula is C23H21N5O2. The number of nitrogens with one attached hydrogen (secondary N) is 1. The van der Waals surface area contributed by atoms with E-state index in [1.54, 1.807) is 0 Å². The zero-order valence-electron chi connectivity index (χ0n) is 16.8. The van der Waals surface area contributed by atoms with E-state index in [4.69, 9.17) is 4.52 Å². The van der Waals surface area contributed by atoms with E-state index in [2.05, 4.69) is 25.4 Å². The van der Waals surface area contributed by atoms with Crippen LogP contribution < -0.4 is 5.32 Å². The first-order valence-corrected chi connectivity index (χ1v) is 10.0. The number of aromatic nitrogens is 4. The SMILES string of the molecule is Cc1cc(C)nc(CNC(=O)c2cc(C3CC3)nc3onc(-c4ccccc4)c23)n1. The number of hydrogen-bond acceptors (Lipinski definition) is 6. The van der Waals surface area contributed by atoms with Gasteiger partial charge in [0.25, 0.3) is 11.6 Å². The smallest absolute Gasteiger partial charge is 0.259 e. The lowest BCUT2D eigenvalue weighted by molar-refractivity contribution is 0.0951. The minimum absolute atomic E-state index is 0.215. The summed E-state index contributed by atoms with van der Waals surface area (Å²) in [5, 5.41) is 7.81. The largest absolute Gasteiger partial charge is 0.345 e. The highest BCUT2D eigenvalue weighted by molar-refractivity contribution is 6.09. The summed E-state index contributed by atoms with van der Waals surface area (Å²) in [4.78, 5) is 26.7. The third-order valence-electron chi connectivity index (χ3n) is 5.19. The number of hydrogen-bond donors (Lipinski definition) is 1. The highest BCUT2D eigenvalue weighted by Gasteiger charge is 2.29. The summed E-state index contributed by atoms with van der Waals surface area (Å²) in [6.45, 7) is 4.07. The Hall–Kier alpha value is -3.61. The van der Waals surface area contributed by atoms with Crippen LogP contribution >= 0.6 is 0 Å². The van der Waals surface area contributed by atoms with Crippen molar-refractivity contribution in [1.82, 2.24) is 25.4 Å². The summed E-state index contributed by atoms with van der Waals surface area (Å²) in [6, 6.07) is 13.5. The summed E-state index contributed by atoms with van der Waals surface area (Å²) < 4.78 is 5.54. The molecule has 1 saturated carbocycles. The molecular weight excluding hydrogens is 378 g/mol. The summed E-state index contributed by atoms with van der Waals surface area (Å²) in [5.41, 5.74) is 5.04. The second-order valence-corrected chi connectivity index (χ2v) is 7.70. The minimum atomic E-state index is -0.215. The number of nitrogens with zero attached hydrogens (tertiary/aromatic N) is 4. The number of rotatable bonds is 5. The first kappa shape index (κ1) is 18.4. The van der Waals surface area contributed by atoms with Gasteiger partial charge in [-0.25, -0.2) is 15.0 Å². The van der Waals surface area contributed by atoms with Crippen molar-refractivity contribution in [2.45, 2.75) is 39.2 Å². The van der Waals surface area contributed by atoms with Crippen LogP contribution in [0.3, 0.4) is 0 Å². The Morgan fingerprint density at radius 2 is 1.80 bits per heavy atom. The average Bonchev–Trinajstić information content (AvgIpc) is 3.50. The van der Waals surface area contributed by atoms with Gasteiger partial charge in [0, 0.05) is 28.6 Å². The van der Waals surface area contributed by atoms with Gasteiger partial charge in [-0.2, -0.15) is 0 Å². The Bertz CT molecular complexity index is 1230. The fraction of sp³-hybridized carbons (Fsp3) is 0.261. The molecule has 7 nitrogen and oxygen atoms in total. The van der Waals surface area contributed by atoms with Gasteiger partial charge >= 0.3 is 0 Å². The lowest BCUT2D eigenvalue weighted by Crippen LogP contribution is -2.24. The molecule has 1 aromatic carbocycles. The van der Waals surface area contributed by atoms with Gasteiger partial charge in [0.15, 0.2) is 0 Å². The molecule has 7 heteroatoms. The molecule has 0 radical (unpaired) electrons. The maximum absolute atomic E-state index is 13.2. The first-order chi connectivity index (χ1) is 14.6. The Labute approximate surface area is 173 Å². The second kappa shape index (κ2) is 7.33. The molecule has 1 aliphatic carbocycles. The van der Waals surface area contributed by atoms with Crippen molar-refractivity contribution >= 4 is 17.0 Å². The topological polar surface area (TPSA) is 93.8 Å². The molecule has 1 fully saturated rings. The van der Waals surface area contributed by atoms with Crippen LogP contribution in [-0.4, -0.2) is 26.0 Å². The van der Waals surface area contributed by atoms with Crippen molar-refractivity contribution in [1.29, 1.82) is 0 Å². The van der Waals surface area contributed by atoms with E-state index in [1.807, 2.05) is 56.3 Å². The van der Waals surface area contributed by atoms with Crippen LogP contribution in [0.1, 0.15) is 52.0 Å². The van der Waals surface area contributed by atoms with E-state index in [9.17, 15) is 4.79 Å². The van der Waals surface area contributed by atoms with Crippen LogP contribution in [0.5, 0.6) is 0 Å². The normalized spacial score (nSPS) is 13.5. The van der Waals surface area contributed by atoms with Crippen molar-refractivity contribution in [2.75, 3.05) is 0 Å². The molecule has 0 bridgehead atoms. The molecule has 0 unspecified atom stereocenters. The molecule has 4 aromatic rings. The average molecular weight is 399 g/mol. The Morgan fingerprint density at radius 3 is 2.50 bits per heavy atom. The summed E-state index contributed by atoms with van der Waals surface area (Å²) in [6.07, 6.45) is 2.16. The van der Waals surface area contributed by atoms with Crippen molar-refractivity contribution in [2.24, 2.45) is 0 Å². The second-order valence-electron chi connectivity index (χ2n) is 7.70. The van der Waals surface area contributed by atoms with Gasteiger partial charge in [0.1, 0.15) is 11.5 Å². The quantitative estimate of drug-likeness (QED) is 0.543. The molecule has 5 rings (SSSR count). The van der Waals surface area contributed by atoms with Crippen LogP contribution in [0.2, 0.25) is 0 Å². The number of carbonyl (C=O) groups is 1. The van der Waals surface area contributed by atoms with Crippen molar-refractivity contribution < 1.29 is 9.32 Å². The monoisotopic (exact) mass is 399 g/mol. The number of benzene rings is 1. The number of carbonyl (C=O) groups excluding carboxylic acids is 1. The maximum atomic E-state index is 13.2.